The van der Waals surface area contributed by atoms with Gasteiger partial charge in [-0.3, -0.25) is 14.9 Å². The number of nitro benzene ring substituents is 1. The maximum atomic E-state index is 12.3. The van der Waals surface area contributed by atoms with Gasteiger partial charge in [0.05, 0.1) is 21.7 Å². The topological polar surface area (TPSA) is 88.4 Å². The predicted molar refractivity (Wildman–Crippen MR) is 101 cm³/mol. The fraction of sp³-hybridized carbons (Fsp3) is 0.294. The van der Waals surface area contributed by atoms with Crippen LogP contribution in [0, 0.1) is 10.1 Å². The van der Waals surface area contributed by atoms with Crippen LogP contribution in [0.2, 0.25) is 0 Å². The fourth-order valence-corrected chi connectivity index (χ4v) is 2.92. The largest absolute Gasteiger partial charge is 0.357 e. The van der Waals surface area contributed by atoms with Crippen molar-refractivity contribution in [1.29, 1.82) is 0 Å². The first-order valence-electron chi connectivity index (χ1n) is 7.84. The number of pyridine rings is 1. The smallest absolute Gasteiger partial charge is 0.283 e. The SMILES string of the molecule is CCN(CC)c1ccc(NC(=O)c2ccc(SC)c([N+](=O)[O-])c2)cn1. The Morgan fingerprint density at radius 3 is 2.52 bits per heavy atom. The molecule has 1 aromatic carbocycles. The third-order valence-electron chi connectivity index (χ3n) is 3.73. The molecule has 0 atom stereocenters. The van der Waals surface area contributed by atoms with Crippen molar-refractivity contribution in [3.8, 4) is 0 Å². The van der Waals surface area contributed by atoms with Crippen molar-refractivity contribution < 1.29 is 9.72 Å². The lowest BCUT2D eigenvalue weighted by Gasteiger charge is -2.19. The van der Waals surface area contributed by atoms with Crippen LogP contribution in [0.1, 0.15) is 24.2 Å². The van der Waals surface area contributed by atoms with Crippen molar-refractivity contribution >= 4 is 34.9 Å². The first kappa shape index (κ1) is 18.7. The third kappa shape index (κ3) is 4.48. The van der Waals surface area contributed by atoms with Gasteiger partial charge in [-0.1, -0.05) is 0 Å². The minimum absolute atomic E-state index is 0.0739. The lowest BCUT2D eigenvalue weighted by Crippen LogP contribution is -2.22. The van der Waals surface area contributed by atoms with Crippen LogP contribution >= 0.6 is 11.8 Å². The summed E-state index contributed by atoms with van der Waals surface area (Å²) in [6.07, 6.45) is 3.33. The second-order valence-electron chi connectivity index (χ2n) is 5.18. The number of hydrogen-bond acceptors (Lipinski definition) is 6. The number of aromatic nitrogens is 1. The van der Waals surface area contributed by atoms with E-state index in [1.807, 2.05) is 19.9 Å². The number of carbonyl (C=O) groups excluding carboxylic acids is 1. The number of thioether (sulfide) groups is 1. The zero-order valence-electron chi connectivity index (χ0n) is 14.4. The van der Waals surface area contributed by atoms with E-state index in [1.165, 1.54) is 17.8 Å². The normalized spacial score (nSPS) is 10.4. The molecule has 0 fully saturated rings. The molecule has 2 aromatic rings. The Labute approximate surface area is 150 Å². The average molecular weight is 360 g/mol. The molecule has 25 heavy (non-hydrogen) atoms. The van der Waals surface area contributed by atoms with Gasteiger partial charge in [-0.25, -0.2) is 4.98 Å². The maximum absolute atomic E-state index is 12.3. The van der Waals surface area contributed by atoms with Gasteiger partial charge in [-0.15, -0.1) is 11.8 Å². The quantitative estimate of drug-likeness (QED) is 0.459. The fourth-order valence-electron chi connectivity index (χ4n) is 2.37. The molecule has 0 unspecified atom stereocenters. The van der Waals surface area contributed by atoms with Crippen molar-refractivity contribution in [1.82, 2.24) is 4.98 Å². The first-order valence-corrected chi connectivity index (χ1v) is 9.07. The molecule has 1 aromatic heterocycles. The van der Waals surface area contributed by atoms with Gasteiger partial charge in [-0.05, 0) is 44.4 Å². The Morgan fingerprint density at radius 1 is 1.28 bits per heavy atom. The Balaban J connectivity index is 2.17. The van der Waals surface area contributed by atoms with Crippen LogP contribution in [0.15, 0.2) is 41.4 Å². The highest BCUT2D eigenvalue weighted by Crippen LogP contribution is 2.28. The van der Waals surface area contributed by atoms with E-state index in [4.69, 9.17) is 0 Å². The Morgan fingerprint density at radius 2 is 2.00 bits per heavy atom. The van der Waals surface area contributed by atoms with Crippen molar-refractivity contribution in [2.45, 2.75) is 18.7 Å². The molecular formula is C17H20N4O3S. The summed E-state index contributed by atoms with van der Waals surface area (Å²) in [4.78, 5) is 29.9. The van der Waals surface area contributed by atoms with Crippen LogP contribution in [0.4, 0.5) is 17.2 Å². The van der Waals surface area contributed by atoms with Gasteiger partial charge in [0.2, 0.25) is 0 Å². The van der Waals surface area contributed by atoms with Gasteiger partial charge < -0.3 is 10.2 Å². The number of nitrogens with zero attached hydrogens (tertiary/aromatic N) is 3. The molecule has 0 aliphatic heterocycles. The first-order chi connectivity index (χ1) is 12.0. The van der Waals surface area contributed by atoms with E-state index in [9.17, 15) is 14.9 Å². The van der Waals surface area contributed by atoms with E-state index < -0.39 is 10.8 Å². The number of rotatable bonds is 7. The van der Waals surface area contributed by atoms with Crippen molar-refractivity contribution in [3.63, 3.8) is 0 Å². The van der Waals surface area contributed by atoms with E-state index in [1.54, 1.807) is 30.7 Å². The molecule has 0 spiro atoms. The zero-order chi connectivity index (χ0) is 18.4. The molecule has 8 heteroatoms. The molecule has 7 nitrogen and oxygen atoms in total. The predicted octanol–water partition coefficient (Wildman–Crippen LogP) is 3.81. The van der Waals surface area contributed by atoms with Crippen LogP contribution in [0.25, 0.3) is 0 Å². The van der Waals surface area contributed by atoms with Crippen molar-refractivity contribution in [2.24, 2.45) is 0 Å². The molecule has 0 aliphatic carbocycles. The van der Waals surface area contributed by atoms with E-state index in [-0.39, 0.29) is 11.3 Å². The molecule has 0 bridgehead atoms. The monoisotopic (exact) mass is 360 g/mol. The highest BCUT2D eigenvalue weighted by Gasteiger charge is 2.17. The molecule has 132 valence electrons. The molecule has 0 radical (unpaired) electrons. The molecule has 0 saturated carbocycles. The van der Waals surface area contributed by atoms with Gasteiger partial charge in [0.15, 0.2) is 0 Å². The highest BCUT2D eigenvalue weighted by molar-refractivity contribution is 7.98. The summed E-state index contributed by atoms with van der Waals surface area (Å²) in [7, 11) is 0. The maximum Gasteiger partial charge on any atom is 0.283 e. The van der Waals surface area contributed by atoms with Gasteiger partial charge in [0, 0.05) is 24.7 Å². The minimum Gasteiger partial charge on any atom is -0.357 e. The molecule has 1 heterocycles. The summed E-state index contributed by atoms with van der Waals surface area (Å²) in [6, 6.07) is 8.05. The van der Waals surface area contributed by atoms with Crippen LogP contribution in [-0.2, 0) is 0 Å². The van der Waals surface area contributed by atoms with Crippen molar-refractivity contribution in [3.05, 3.63) is 52.2 Å². The Bertz CT molecular complexity index is 761. The minimum atomic E-state index is -0.483. The summed E-state index contributed by atoms with van der Waals surface area (Å²) < 4.78 is 0. The molecule has 0 saturated heterocycles. The van der Waals surface area contributed by atoms with Gasteiger partial charge >= 0.3 is 0 Å². The number of nitro groups is 1. The van der Waals surface area contributed by atoms with E-state index >= 15 is 0 Å². The molecule has 1 amide bonds. The van der Waals surface area contributed by atoms with Crippen LogP contribution in [0.5, 0.6) is 0 Å². The van der Waals surface area contributed by atoms with Gasteiger partial charge in [-0.2, -0.15) is 0 Å². The molecule has 0 aliphatic rings. The summed E-state index contributed by atoms with van der Waals surface area (Å²) in [5.41, 5.74) is 0.699. The van der Waals surface area contributed by atoms with Crippen molar-refractivity contribution in [2.75, 3.05) is 29.6 Å². The Hall–Kier alpha value is -2.61. The number of amides is 1. The highest BCUT2D eigenvalue weighted by atomic mass is 32.2. The van der Waals surface area contributed by atoms with E-state index in [0.29, 0.717) is 10.6 Å². The summed E-state index contributed by atoms with van der Waals surface area (Å²) >= 11 is 1.27. The number of carbonyl (C=O) groups is 1. The third-order valence-corrected chi connectivity index (χ3v) is 4.52. The number of hydrogen-bond donors (Lipinski definition) is 1. The van der Waals surface area contributed by atoms with E-state index in [0.717, 1.165) is 18.9 Å². The van der Waals surface area contributed by atoms with Crippen LogP contribution in [0.3, 0.4) is 0 Å². The standard InChI is InChI=1S/C17H20N4O3S/c1-4-20(5-2)16-9-7-13(11-18-16)19-17(22)12-6-8-15(25-3)14(10-12)21(23)24/h6-11H,4-5H2,1-3H3,(H,19,22). The number of nitrogens with one attached hydrogen (secondary N) is 1. The number of benzene rings is 1. The van der Waals surface area contributed by atoms with Crippen LogP contribution in [-0.4, -0.2) is 35.2 Å². The van der Waals surface area contributed by atoms with E-state index in [2.05, 4.69) is 15.2 Å². The second-order valence-corrected chi connectivity index (χ2v) is 6.02. The molecule has 2 rings (SSSR count). The molecule has 1 N–H and O–H groups in total. The molecular weight excluding hydrogens is 340 g/mol. The lowest BCUT2D eigenvalue weighted by molar-refractivity contribution is -0.387. The van der Waals surface area contributed by atoms with Gasteiger partial charge in [0.1, 0.15) is 5.82 Å². The second kappa shape index (κ2) is 8.48. The summed E-state index contributed by atoms with van der Waals surface area (Å²) in [6.45, 7) is 5.79. The average Bonchev–Trinajstić information content (AvgIpc) is 2.63. The lowest BCUT2D eigenvalue weighted by atomic mass is 10.2. The van der Waals surface area contributed by atoms with Crippen LogP contribution < -0.4 is 10.2 Å². The van der Waals surface area contributed by atoms with Gasteiger partial charge in [0.25, 0.3) is 11.6 Å². The Kier molecular flexibility index (Phi) is 6.35. The summed E-state index contributed by atoms with van der Waals surface area (Å²) in [5, 5.41) is 13.8. The number of anilines is 2. The summed E-state index contributed by atoms with van der Waals surface area (Å²) in [5.74, 6) is 0.427. The zero-order valence-corrected chi connectivity index (χ0v) is 15.2.